The zero-order chi connectivity index (χ0) is 7.72. The number of hydrogen-bond acceptors (Lipinski definition) is 3. The number of rotatable bonds is 0. The SMILES string of the molecule is Cc1cnn(C(N)=S)c1N. The third-order valence-electron chi connectivity index (χ3n) is 1.21. The number of nitrogens with two attached hydrogens (primary N) is 2. The van der Waals surface area contributed by atoms with Gasteiger partial charge in [-0.3, -0.25) is 0 Å². The van der Waals surface area contributed by atoms with Gasteiger partial charge in [0.2, 0.25) is 0 Å². The van der Waals surface area contributed by atoms with Crippen LogP contribution in [-0.2, 0) is 0 Å². The number of hydrogen-bond donors (Lipinski definition) is 2. The Bertz CT molecular complexity index is 265. The summed E-state index contributed by atoms with van der Waals surface area (Å²) in [5, 5.41) is 4.01. The van der Waals surface area contributed by atoms with E-state index in [9.17, 15) is 0 Å². The summed E-state index contributed by atoms with van der Waals surface area (Å²) in [5.41, 5.74) is 11.7. The number of aromatic nitrogens is 2. The van der Waals surface area contributed by atoms with Crippen LogP contribution in [0.2, 0.25) is 0 Å². The average Bonchev–Trinajstić information content (AvgIpc) is 2.14. The summed E-state index contributed by atoms with van der Waals surface area (Å²) in [4.78, 5) is 0. The van der Waals surface area contributed by atoms with Crippen molar-refractivity contribution in [1.82, 2.24) is 9.78 Å². The van der Waals surface area contributed by atoms with E-state index in [0.29, 0.717) is 5.82 Å². The van der Waals surface area contributed by atoms with Crippen molar-refractivity contribution in [1.29, 1.82) is 0 Å². The van der Waals surface area contributed by atoms with Gasteiger partial charge in [0.25, 0.3) is 0 Å². The maximum Gasteiger partial charge on any atom is 0.193 e. The summed E-state index contributed by atoms with van der Waals surface area (Å²) >= 11 is 4.66. The fourth-order valence-corrected chi connectivity index (χ4v) is 0.761. The fraction of sp³-hybridized carbons (Fsp3) is 0.200. The van der Waals surface area contributed by atoms with Crippen LogP contribution in [0.4, 0.5) is 5.82 Å². The molecule has 0 unspecified atom stereocenters. The molecule has 0 atom stereocenters. The molecule has 0 aromatic carbocycles. The smallest absolute Gasteiger partial charge is 0.193 e. The summed E-state index contributed by atoms with van der Waals surface area (Å²) in [6.07, 6.45) is 1.62. The largest absolute Gasteiger partial charge is 0.383 e. The monoisotopic (exact) mass is 156 g/mol. The minimum Gasteiger partial charge on any atom is -0.383 e. The van der Waals surface area contributed by atoms with Gasteiger partial charge in [-0.2, -0.15) is 9.78 Å². The molecule has 0 bridgehead atoms. The Labute approximate surface area is 63.8 Å². The molecular weight excluding hydrogens is 148 g/mol. The van der Waals surface area contributed by atoms with Gasteiger partial charge in [-0.15, -0.1) is 0 Å². The molecule has 4 nitrogen and oxygen atoms in total. The first-order valence-electron chi connectivity index (χ1n) is 2.73. The minimum absolute atomic E-state index is 0.172. The van der Waals surface area contributed by atoms with Crippen LogP contribution >= 0.6 is 12.2 Å². The van der Waals surface area contributed by atoms with Gasteiger partial charge >= 0.3 is 0 Å². The highest BCUT2D eigenvalue weighted by Gasteiger charge is 2.03. The molecule has 10 heavy (non-hydrogen) atoms. The third-order valence-corrected chi connectivity index (χ3v) is 1.38. The van der Waals surface area contributed by atoms with Gasteiger partial charge in [-0.05, 0) is 19.1 Å². The topological polar surface area (TPSA) is 69.9 Å². The molecule has 5 heteroatoms. The Morgan fingerprint density at radius 3 is 2.60 bits per heavy atom. The van der Waals surface area contributed by atoms with E-state index in [2.05, 4.69) is 17.3 Å². The second-order valence-corrected chi connectivity index (χ2v) is 2.38. The Morgan fingerprint density at radius 2 is 2.40 bits per heavy atom. The lowest BCUT2D eigenvalue weighted by Crippen LogP contribution is -2.22. The summed E-state index contributed by atoms with van der Waals surface area (Å²) in [6.45, 7) is 1.84. The van der Waals surface area contributed by atoms with Crippen molar-refractivity contribution in [2.75, 3.05) is 5.73 Å². The zero-order valence-corrected chi connectivity index (χ0v) is 6.35. The molecule has 1 rings (SSSR count). The molecule has 0 saturated carbocycles. The highest BCUT2D eigenvalue weighted by Crippen LogP contribution is 2.06. The van der Waals surface area contributed by atoms with E-state index >= 15 is 0 Å². The second kappa shape index (κ2) is 2.26. The van der Waals surface area contributed by atoms with Crippen LogP contribution in [0.5, 0.6) is 0 Å². The molecule has 0 aliphatic rings. The fourth-order valence-electron chi connectivity index (χ4n) is 0.615. The molecule has 1 aromatic rings. The normalized spacial score (nSPS) is 9.70. The Morgan fingerprint density at radius 1 is 1.80 bits per heavy atom. The highest BCUT2D eigenvalue weighted by molar-refractivity contribution is 7.80. The van der Waals surface area contributed by atoms with Crippen LogP contribution in [0.15, 0.2) is 6.20 Å². The molecule has 0 saturated heterocycles. The van der Waals surface area contributed by atoms with E-state index in [-0.39, 0.29) is 5.11 Å². The van der Waals surface area contributed by atoms with E-state index in [1.165, 1.54) is 4.68 Å². The number of nitrogens with zero attached hydrogens (tertiary/aromatic N) is 2. The predicted molar refractivity (Wildman–Crippen MR) is 43.6 cm³/mol. The van der Waals surface area contributed by atoms with Crippen molar-refractivity contribution in [3.63, 3.8) is 0 Å². The average molecular weight is 156 g/mol. The standard InChI is InChI=1S/C5H8N4S/c1-3-2-8-9(4(3)6)5(7)10/h2H,6H2,1H3,(H2,7,10). The van der Waals surface area contributed by atoms with Crippen molar-refractivity contribution < 1.29 is 0 Å². The molecule has 4 N–H and O–H groups in total. The number of nitrogen functional groups attached to an aromatic ring is 1. The molecular formula is C5H8N4S. The van der Waals surface area contributed by atoms with Crippen LogP contribution in [0.1, 0.15) is 5.56 Å². The van der Waals surface area contributed by atoms with E-state index in [0.717, 1.165) is 5.56 Å². The van der Waals surface area contributed by atoms with Gasteiger partial charge in [0.15, 0.2) is 5.11 Å². The van der Waals surface area contributed by atoms with Crippen LogP contribution in [0, 0.1) is 6.92 Å². The minimum atomic E-state index is 0.172. The van der Waals surface area contributed by atoms with Crippen molar-refractivity contribution >= 4 is 23.1 Å². The molecule has 0 spiro atoms. The Balaban J connectivity index is 3.17. The van der Waals surface area contributed by atoms with Gasteiger partial charge in [0.05, 0.1) is 6.20 Å². The van der Waals surface area contributed by atoms with Crippen LogP contribution < -0.4 is 11.5 Å². The summed E-state index contributed by atoms with van der Waals surface area (Å²) in [6, 6.07) is 0. The highest BCUT2D eigenvalue weighted by atomic mass is 32.1. The maximum atomic E-state index is 5.54. The summed E-state index contributed by atoms with van der Waals surface area (Å²) in [5.74, 6) is 0.507. The van der Waals surface area contributed by atoms with E-state index in [4.69, 9.17) is 11.5 Å². The zero-order valence-electron chi connectivity index (χ0n) is 5.53. The lowest BCUT2D eigenvalue weighted by Gasteiger charge is -1.98. The summed E-state index contributed by atoms with van der Waals surface area (Å²) in [7, 11) is 0. The van der Waals surface area contributed by atoms with E-state index < -0.39 is 0 Å². The van der Waals surface area contributed by atoms with Gasteiger partial charge in [0, 0.05) is 5.56 Å². The lowest BCUT2D eigenvalue weighted by atomic mass is 10.4. The van der Waals surface area contributed by atoms with Crippen LogP contribution in [-0.4, -0.2) is 14.9 Å². The molecule has 54 valence electrons. The molecule has 0 fully saturated rings. The van der Waals surface area contributed by atoms with Crippen molar-refractivity contribution in [2.45, 2.75) is 6.92 Å². The maximum absolute atomic E-state index is 5.54. The number of anilines is 1. The molecule has 1 heterocycles. The van der Waals surface area contributed by atoms with E-state index in [1.54, 1.807) is 6.20 Å². The van der Waals surface area contributed by atoms with Crippen molar-refractivity contribution in [3.05, 3.63) is 11.8 Å². The van der Waals surface area contributed by atoms with Gasteiger partial charge < -0.3 is 11.5 Å². The summed E-state index contributed by atoms with van der Waals surface area (Å²) < 4.78 is 1.32. The third kappa shape index (κ3) is 0.950. The first-order chi connectivity index (χ1) is 4.63. The Kier molecular flexibility index (Phi) is 1.58. The van der Waals surface area contributed by atoms with Crippen molar-refractivity contribution in [2.24, 2.45) is 5.73 Å². The first-order valence-corrected chi connectivity index (χ1v) is 3.13. The Hall–Kier alpha value is -1.10. The second-order valence-electron chi connectivity index (χ2n) is 1.96. The predicted octanol–water partition coefficient (Wildman–Crippen LogP) is -0.135. The quantitative estimate of drug-likeness (QED) is 0.513. The van der Waals surface area contributed by atoms with Gasteiger partial charge in [-0.1, -0.05) is 0 Å². The number of thiocarbonyl (C=S) groups is 1. The van der Waals surface area contributed by atoms with Crippen LogP contribution in [0.25, 0.3) is 0 Å². The molecule has 0 amide bonds. The first kappa shape index (κ1) is 7.01. The van der Waals surface area contributed by atoms with Crippen LogP contribution in [0.3, 0.4) is 0 Å². The van der Waals surface area contributed by atoms with Gasteiger partial charge in [-0.25, -0.2) is 0 Å². The molecule has 0 aliphatic heterocycles. The molecule has 1 aromatic heterocycles. The van der Waals surface area contributed by atoms with E-state index in [1.807, 2.05) is 6.92 Å². The molecule has 0 radical (unpaired) electrons. The molecule has 0 aliphatic carbocycles. The number of aryl methyl sites for hydroxylation is 1. The van der Waals surface area contributed by atoms with Gasteiger partial charge in [0.1, 0.15) is 5.82 Å². The lowest BCUT2D eigenvalue weighted by molar-refractivity contribution is 0.950. The van der Waals surface area contributed by atoms with Crippen molar-refractivity contribution in [3.8, 4) is 0 Å².